The highest BCUT2D eigenvalue weighted by atomic mass is 19.4. The second-order valence-corrected chi connectivity index (χ2v) is 3.44. The van der Waals surface area contributed by atoms with Crippen molar-refractivity contribution in [2.75, 3.05) is 13.1 Å². The van der Waals surface area contributed by atoms with Crippen LogP contribution < -0.4 is 0 Å². The third-order valence-electron chi connectivity index (χ3n) is 2.28. The fraction of sp³-hybridized carbons (Fsp3) is 0.875. The monoisotopic (exact) mass is 211 g/mol. The van der Waals surface area contributed by atoms with E-state index in [-0.39, 0.29) is 6.54 Å². The molecule has 1 heterocycles. The molecular weight excluding hydrogens is 199 g/mol. The van der Waals surface area contributed by atoms with Crippen molar-refractivity contribution < 1.29 is 23.1 Å². The number of rotatable bonds is 2. The summed E-state index contributed by atoms with van der Waals surface area (Å²) in [5.74, 6) is -1.16. The van der Waals surface area contributed by atoms with Crippen LogP contribution in [-0.4, -0.2) is 41.3 Å². The number of hydrogen-bond acceptors (Lipinski definition) is 2. The Kier molecular flexibility index (Phi) is 3.36. The first-order valence-corrected chi connectivity index (χ1v) is 4.44. The lowest BCUT2D eigenvalue weighted by atomic mass is 10.0. The van der Waals surface area contributed by atoms with Crippen molar-refractivity contribution in [1.29, 1.82) is 0 Å². The minimum Gasteiger partial charge on any atom is -0.480 e. The molecule has 82 valence electrons. The lowest BCUT2D eigenvalue weighted by molar-refractivity contribution is -0.164. The number of alkyl halides is 3. The Labute approximate surface area is 79.5 Å². The molecule has 14 heavy (non-hydrogen) atoms. The van der Waals surface area contributed by atoms with Crippen molar-refractivity contribution in [1.82, 2.24) is 4.90 Å². The molecule has 0 unspecified atom stereocenters. The average molecular weight is 211 g/mol. The lowest BCUT2D eigenvalue weighted by Gasteiger charge is -2.33. The van der Waals surface area contributed by atoms with E-state index in [1.54, 1.807) is 0 Å². The summed E-state index contributed by atoms with van der Waals surface area (Å²) in [5, 5.41) is 8.70. The second-order valence-electron chi connectivity index (χ2n) is 3.44. The number of nitrogens with zero attached hydrogens (tertiary/aromatic N) is 1. The van der Waals surface area contributed by atoms with Gasteiger partial charge in [-0.1, -0.05) is 6.42 Å². The number of piperidine rings is 1. The molecule has 0 bridgehead atoms. The first-order chi connectivity index (χ1) is 6.40. The Morgan fingerprint density at radius 3 is 2.57 bits per heavy atom. The van der Waals surface area contributed by atoms with Gasteiger partial charge in [0.25, 0.3) is 0 Å². The molecule has 0 aromatic rings. The Bertz CT molecular complexity index is 217. The highest BCUT2D eigenvalue weighted by Gasteiger charge is 2.37. The Balaban J connectivity index is 2.59. The molecule has 1 atom stereocenters. The molecule has 1 aliphatic rings. The average Bonchev–Trinajstić information content (AvgIpc) is 2.01. The molecule has 0 aromatic carbocycles. The van der Waals surface area contributed by atoms with Gasteiger partial charge in [0.05, 0.1) is 6.54 Å². The van der Waals surface area contributed by atoms with E-state index in [1.165, 1.54) is 0 Å². The molecule has 0 amide bonds. The van der Waals surface area contributed by atoms with Crippen LogP contribution >= 0.6 is 0 Å². The first kappa shape index (κ1) is 11.3. The van der Waals surface area contributed by atoms with Crippen molar-refractivity contribution in [2.45, 2.75) is 31.5 Å². The van der Waals surface area contributed by atoms with Gasteiger partial charge in [0.2, 0.25) is 0 Å². The Hall–Kier alpha value is -0.780. The summed E-state index contributed by atoms with van der Waals surface area (Å²) in [6.45, 7) is -0.902. The molecule has 3 nitrogen and oxygen atoms in total. The van der Waals surface area contributed by atoms with Crippen molar-refractivity contribution in [3.63, 3.8) is 0 Å². The van der Waals surface area contributed by atoms with Crippen LogP contribution in [0.15, 0.2) is 0 Å². The maximum atomic E-state index is 12.0. The molecule has 1 saturated heterocycles. The van der Waals surface area contributed by atoms with Gasteiger partial charge in [-0.25, -0.2) is 0 Å². The maximum absolute atomic E-state index is 12.0. The molecule has 0 aromatic heterocycles. The van der Waals surface area contributed by atoms with E-state index >= 15 is 0 Å². The second kappa shape index (κ2) is 4.16. The summed E-state index contributed by atoms with van der Waals surface area (Å²) in [7, 11) is 0. The highest BCUT2D eigenvalue weighted by Crippen LogP contribution is 2.23. The standard InChI is InChI=1S/C8H12F3NO2/c9-8(10,11)5-12-4-2-1-3-6(12)7(13)14/h6H,1-5H2,(H,13,14)/t6-/m0/s1. The van der Waals surface area contributed by atoms with Crippen LogP contribution in [0.2, 0.25) is 0 Å². The van der Waals surface area contributed by atoms with Gasteiger partial charge in [0, 0.05) is 0 Å². The highest BCUT2D eigenvalue weighted by molar-refractivity contribution is 5.73. The predicted molar refractivity (Wildman–Crippen MR) is 42.9 cm³/mol. The zero-order valence-electron chi connectivity index (χ0n) is 7.55. The zero-order chi connectivity index (χ0) is 10.8. The van der Waals surface area contributed by atoms with Crippen molar-refractivity contribution in [3.8, 4) is 0 Å². The number of carbonyl (C=O) groups is 1. The maximum Gasteiger partial charge on any atom is 0.401 e. The molecular formula is C8H12F3NO2. The van der Waals surface area contributed by atoms with Crippen molar-refractivity contribution in [3.05, 3.63) is 0 Å². The summed E-state index contributed by atoms with van der Waals surface area (Å²) in [4.78, 5) is 11.6. The summed E-state index contributed by atoms with van der Waals surface area (Å²) in [5.41, 5.74) is 0. The number of carboxylic acid groups (broad SMARTS) is 1. The summed E-state index contributed by atoms with van der Waals surface area (Å²) < 4.78 is 36.1. The van der Waals surface area contributed by atoms with Crippen LogP contribution in [0, 0.1) is 0 Å². The van der Waals surface area contributed by atoms with E-state index in [0.717, 1.165) is 4.90 Å². The minimum absolute atomic E-state index is 0.219. The van der Waals surface area contributed by atoms with Gasteiger partial charge < -0.3 is 5.11 Å². The van der Waals surface area contributed by atoms with E-state index in [2.05, 4.69) is 0 Å². The van der Waals surface area contributed by atoms with Crippen LogP contribution in [0.25, 0.3) is 0 Å². The number of likely N-dealkylation sites (tertiary alicyclic amines) is 1. The summed E-state index contributed by atoms with van der Waals surface area (Å²) in [6.07, 6.45) is -2.68. The van der Waals surface area contributed by atoms with Gasteiger partial charge >= 0.3 is 12.1 Å². The van der Waals surface area contributed by atoms with Gasteiger partial charge in [-0.05, 0) is 19.4 Å². The minimum atomic E-state index is -4.31. The third kappa shape index (κ3) is 3.17. The largest absolute Gasteiger partial charge is 0.480 e. The summed E-state index contributed by atoms with van der Waals surface area (Å²) >= 11 is 0. The quantitative estimate of drug-likeness (QED) is 0.752. The molecule has 0 spiro atoms. The fourth-order valence-corrected chi connectivity index (χ4v) is 1.69. The van der Waals surface area contributed by atoms with Crippen molar-refractivity contribution in [2.24, 2.45) is 0 Å². The zero-order valence-corrected chi connectivity index (χ0v) is 7.55. The molecule has 1 fully saturated rings. The van der Waals surface area contributed by atoms with Gasteiger partial charge in [0.1, 0.15) is 6.04 Å². The molecule has 0 radical (unpaired) electrons. The van der Waals surface area contributed by atoms with Gasteiger partial charge in [-0.2, -0.15) is 13.2 Å². The molecule has 0 saturated carbocycles. The van der Waals surface area contributed by atoms with Gasteiger partial charge in [0.15, 0.2) is 0 Å². The molecule has 0 aliphatic carbocycles. The molecule has 1 N–H and O–H groups in total. The fourth-order valence-electron chi connectivity index (χ4n) is 1.69. The summed E-state index contributed by atoms with van der Waals surface area (Å²) in [6, 6.07) is -0.967. The third-order valence-corrected chi connectivity index (χ3v) is 2.28. The molecule has 6 heteroatoms. The van der Waals surface area contributed by atoms with E-state index in [0.29, 0.717) is 19.3 Å². The van der Waals surface area contributed by atoms with Gasteiger partial charge in [-0.3, -0.25) is 9.69 Å². The van der Waals surface area contributed by atoms with Crippen LogP contribution in [-0.2, 0) is 4.79 Å². The van der Waals surface area contributed by atoms with E-state index in [9.17, 15) is 18.0 Å². The number of halogens is 3. The van der Waals surface area contributed by atoms with E-state index in [4.69, 9.17) is 5.11 Å². The molecule has 1 aliphatic heterocycles. The Morgan fingerprint density at radius 2 is 2.07 bits per heavy atom. The predicted octanol–water partition coefficient (Wildman–Crippen LogP) is 1.49. The van der Waals surface area contributed by atoms with Crippen LogP contribution in [0.4, 0.5) is 13.2 Å². The SMILES string of the molecule is O=C(O)[C@@H]1CCCCN1CC(F)(F)F. The first-order valence-electron chi connectivity index (χ1n) is 4.44. The van der Waals surface area contributed by atoms with Crippen molar-refractivity contribution >= 4 is 5.97 Å². The molecule has 1 rings (SSSR count). The topological polar surface area (TPSA) is 40.5 Å². The number of aliphatic carboxylic acids is 1. The van der Waals surface area contributed by atoms with E-state index in [1.807, 2.05) is 0 Å². The number of carboxylic acids is 1. The van der Waals surface area contributed by atoms with E-state index < -0.39 is 24.7 Å². The number of hydrogen-bond donors (Lipinski definition) is 1. The smallest absolute Gasteiger partial charge is 0.401 e. The van der Waals surface area contributed by atoms with Crippen LogP contribution in [0.1, 0.15) is 19.3 Å². The van der Waals surface area contributed by atoms with Crippen LogP contribution in [0.5, 0.6) is 0 Å². The Morgan fingerprint density at radius 1 is 1.43 bits per heavy atom. The lowest BCUT2D eigenvalue weighted by Crippen LogP contribution is -2.48. The van der Waals surface area contributed by atoms with Gasteiger partial charge in [-0.15, -0.1) is 0 Å². The normalized spacial score (nSPS) is 24.9. The van der Waals surface area contributed by atoms with Crippen LogP contribution in [0.3, 0.4) is 0 Å².